The molecule has 374 valence electrons. The van der Waals surface area contributed by atoms with Gasteiger partial charge in [-0.3, -0.25) is 19.6 Å². The zero-order valence-corrected chi connectivity index (χ0v) is 43.0. The molecule has 2 aromatic heterocycles. The molecule has 0 aliphatic carbocycles. The Balaban J connectivity index is 1.32. The zero-order valence-electron chi connectivity index (χ0n) is 42.0. The van der Waals surface area contributed by atoms with Crippen molar-refractivity contribution in [2.75, 3.05) is 64.8 Å². The number of aliphatic carboxylic acids is 1. The maximum absolute atomic E-state index is 17.9. The van der Waals surface area contributed by atoms with Crippen LogP contribution in [0.1, 0.15) is 106 Å². The SMILES string of the molecule is COCOc1cc(-c2ncc3c(N4CC5CCC(C4)N5C(=O)OC(C)(C)C)nc(OC[C@@H]4CCCN4CCCOCCC(=O)O)nc3c2F)c2c(C#C[Si](C(C)C)(C(C)C)C(C)C)c(F)ccc2c1. The van der Waals surface area contributed by atoms with E-state index in [1.165, 1.54) is 13.2 Å². The molecule has 69 heavy (non-hydrogen) atoms. The van der Waals surface area contributed by atoms with Crippen molar-refractivity contribution < 1.29 is 47.2 Å². The summed E-state index contributed by atoms with van der Waals surface area (Å²) in [6, 6.07) is 6.18. The summed E-state index contributed by atoms with van der Waals surface area (Å²) < 4.78 is 63.4. The summed E-state index contributed by atoms with van der Waals surface area (Å²) in [5.41, 5.74) is 4.28. The van der Waals surface area contributed by atoms with Gasteiger partial charge in [-0.2, -0.15) is 9.97 Å². The normalized spacial score (nSPS) is 18.7. The molecule has 7 rings (SSSR count). The van der Waals surface area contributed by atoms with E-state index in [0.717, 1.165) is 45.2 Å². The molecule has 1 amide bonds. The van der Waals surface area contributed by atoms with Crippen LogP contribution in [0.4, 0.5) is 19.4 Å². The third-order valence-corrected chi connectivity index (χ3v) is 20.3. The van der Waals surface area contributed by atoms with Crippen LogP contribution in [0.15, 0.2) is 30.5 Å². The fourth-order valence-corrected chi connectivity index (χ4v) is 16.1. The maximum Gasteiger partial charge on any atom is 0.410 e. The van der Waals surface area contributed by atoms with Gasteiger partial charge in [-0.25, -0.2) is 13.6 Å². The topological polar surface area (TPSA) is 149 Å². The molecule has 5 heterocycles. The summed E-state index contributed by atoms with van der Waals surface area (Å²) in [6.45, 7) is 22.0. The first-order valence-corrected chi connectivity index (χ1v) is 26.8. The van der Waals surface area contributed by atoms with Gasteiger partial charge in [0.05, 0.1) is 36.1 Å². The number of amides is 1. The number of methoxy groups -OCH3 is 1. The predicted octanol–water partition coefficient (Wildman–Crippen LogP) is 9.99. The lowest BCUT2D eigenvalue weighted by atomic mass is 9.95. The van der Waals surface area contributed by atoms with Gasteiger partial charge in [0.15, 0.2) is 12.6 Å². The van der Waals surface area contributed by atoms with E-state index < -0.39 is 31.3 Å². The van der Waals surface area contributed by atoms with Gasteiger partial charge in [-0.05, 0) is 99.6 Å². The number of aromatic nitrogens is 3. The van der Waals surface area contributed by atoms with Gasteiger partial charge in [0, 0.05) is 56.5 Å². The quantitative estimate of drug-likeness (QED) is 0.0437. The predicted molar refractivity (Wildman–Crippen MR) is 265 cm³/mol. The van der Waals surface area contributed by atoms with Crippen LogP contribution in [0.25, 0.3) is 32.9 Å². The monoisotopic (exact) mass is 972 g/mol. The third kappa shape index (κ3) is 11.4. The number of hydrogen-bond acceptors (Lipinski definition) is 12. The number of carbonyl (C=O) groups is 2. The van der Waals surface area contributed by atoms with Crippen LogP contribution in [0.5, 0.6) is 11.8 Å². The molecule has 3 aliphatic rings. The van der Waals surface area contributed by atoms with Crippen molar-refractivity contribution >= 4 is 47.6 Å². The highest BCUT2D eigenvalue weighted by Crippen LogP contribution is 2.43. The molecule has 0 radical (unpaired) electrons. The van der Waals surface area contributed by atoms with Crippen molar-refractivity contribution in [3.05, 3.63) is 47.7 Å². The highest BCUT2D eigenvalue weighted by molar-refractivity contribution is 6.90. The summed E-state index contributed by atoms with van der Waals surface area (Å²) in [4.78, 5) is 45.2. The number of halogens is 2. The molecule has 14 nitrogen and oxygen atoms in total. The average molecular weight is 973 g/mol. The van der Waals surface area contributed by atoms with Gasteiger partial charge in [0.25, 0.3) is 0 Å². The number of anilines is 1. The van der Waals surface area contributed by atoms with Crippen molar-refractivity contribution in [1.82, 2.24) is 24.8 Å². The molecule has 2 bridgehead atoms. The molecule has 3 fully saturated rings. The fraction of sp³-hybridized carbons (Fsp3) is 0.596. The van der Waals surface area contributed by atoms with E-state index >= 15 is 8.78 Å². The molecule has 3 atom stereocenters. The van der Waals surface area contributed by atoms with Gasteiger partial charge in [0.1, 0.15) is 48.9 Å². The number of carbonyl (C=O) groups excluding carboxylic acids is 1. The molecule has 3 aliphatic heterocycles. The minimum absolute atomic E-state index is 0.00341. The number of ether oxygens (including phenoxy) is 5. The number of likely N-dealkylation sites (tertiary alicyclic amines) is 1. The van der Waals surface area contributed by atoms with Crippen LogP contribution < -0.4 is 14.4 Å². The zero-order chi connectivity index (χ0) is 49.8. The second-order valence-electron chi connectivity index (χ2n) is 20.6. The van der Waals surface area contributed by atoms with E-state index in [1.807, 2.05) is 25.7 Å². The van der Waals surface area contributed by atoms with Gasteiger partial charge in [-0.1, -0.05) is 53.5 Å². The largest absolute Gasteiger partial charge is 0.481 e. The summed E-state index contributed by atoms with van der Waals surface area (Å²) in [5.74, 6) is 2.00. The lowest BCUT2D eigenvalue weighted by molar-refractivity contribution is -0.138. The Morgan fingerprint density at radius 3 is 2.32 bits per heavy atom. The minimum Gasteiger partial charge on any atom is -0.481 e. The van der Waals surface area contributed by atoms with Crippen LogP contribution in [-0.4, -0.2) is 134 Å². The number of rotatable bonds is 18. The van der Waals surface area contributed by atoms with E-state index in [1.54, 1.807) is 24.4 Å². The Morgan fingerprint density at radius 2 is 1.67 bits per heavy atom. The van der Waals surface area contributed by atoms with Crippen molar-refractivity contribution in [3.8, 4) is 34.5 Å². The van der Waals surface area contributed by atoms with Crippen LogP contribution in [0.3, 0.4) is 0 Å². The summed E-state index contributed by atoms with van der Waals surface area (Å²) >= 11 is 0. The first-order chi connectivity index (χ1) is 32.8. The van der Waals surface area contributed by atoms with E-state index in [4.69, 9.17) is 43.7 Å². The number of nitrogens with zero attached hydrogens (tertiary/aromatic N) is 6. The van der Waals surface area contributed by atoms with Gasteiger partial charge in [0.2, 0.25) is 0 Å². The Labute approximate surface area is 406 Å². The molecular formula is C52H70F2N6O8Si. The van der Waals surface area contributed by atoms with Crippen LogP contribution in [0, 0.1) is 23.1 Å². The summed E-state index contributed by atoms with van der Waals surface area (Å²) in [6.07, 6.45) is 5.30. The number of fused-ring (bicyclic) bond motifs is 4. The van der Waals surface area contributed by atoms with Gasteiger partial charge >= 0.3 is 18.1 Å². The maximum atomic E-state index is 17.9. The van der Waals surface area contributed by atoms with E-state index in [0.29, 0.717) is 64.0 Å². The number of pyridine rings is 1. The molecule has 4 aromatic rings. The van der Waals surface area contributed by atoms with E-state index in [9.17, 15) is 9.59 Å². The lowest BCUT2D eigenvalue weighted by Crippen LogP contribution is -2.57. The van der Waals surface area contributed by atoms with Crippen molar-refractivity contribution in [1.29, 1.82) is 0 Å². The van der Waals surface area contributed by atoms with Crippen LogP contribution in [0.2, 0.25) is 16.6 Å². The van der Waals surface area contributed by atoms with Crippen molar-refractivity contribution in [3.63, 3.8) is 0 Å². The standard InChI is InChI=1S/C52H70F2N6O8Si/c1-32(2)69(33(3)4,34(5)6)24-19-40-43(53)17-14-35-25-39(67-31-64-10)26-41(45(35)40)47-46(54)48-42(27-55-47)49(59-28-36-15-16-37(29-59)60(36)51(63)68-52(7,8)9)57-50(56-48)66-30-38-13-11-20-58(38)21-12-22-65-23-18-44(61)62/h14,17,25-27,32-34,36-38H,11-13,15-16,18,20-23,28-31H2,1-10H3,(H,61,62)/t36?,37?,38-/m0/s1. The average Bonchev–Trinajstić information content (AvgIpc) is 3.85. The van der Waals surface area contributed by atoms with Crippen molar-refractivity contribution in [2.45, 2.75) is 141 Å². The highest BCUT2D eigenvalue weighted by Gasteiger charge is 2.45. The Kier molecular flexibility index (Phi) is 16.4. The molecule has 0 saturated carbocycles. The highest BCUT2D eigenvalue weighted by atomic mass is 28.3. The number of benzene rings is 2. The summed E-state index contributed by atoms with van der Waals surface area (Å²) in [5, 5.41) is 10.3. The molecular weight excluding hydrogens is 903 g/mol. The lowest BCUT2D eigenvalue weighted by Gasteiger charge is -2.42. The van der Waals surface area contributed by atoms with Crippen molar-refractivity contribution in [2.24, 2.45) is 0 Å². The molecule has 3 saturated heterocycles. The number of piperazine rings is 1. The number of carboxylic acid groups (broad SMARTS) is 1. The summed E-state index contributed by atoms with van der Waals surface area (Å²) in [7, 11) is -0.826. The molecule has 1 N–H and O–H groups in total. The molecule has 2 unspecified atom stereocenters. The second kappa shape index (κ2) is 21.9. The number of carboxylic acids is 1. The first kappa shape index (κ1) is 51.7. The molecule has 0 spiro atoms. The van der Waals surface area contributed by atoms with E-state index in [-0.39, 0.29) is 79.0 Å². The van der Waals surface area contributed by atoms with Crippen LogP contribution >= 0.6 is 0 Å². The minimum atomic E-state index is -2.34. The van der Waals surface area contributed by atoms with Gasteiger partial charge < -0.3 is 33.7 Å². The van der Waals surface area contributed by atoms with E-state index in [2.05, 4.69) is 62.8 Å². The third-order valence-electron chi connectivity index (χ3n) is 14.0. The fourth-order valence-electron chi connectivity index (χ4n) is 10.9. The van der Waals surface area contributed by atoms with Crippen LogP contribution in [-0.2, 0) is 19.0 Å². The molecule has 17 heteroatoms. The first-order valence-electron chi connectivity index (χ1n) is 24.5. The Morgan fingerprint density at radius 1 is 0.957 bits per heavy atom. The van der Waals surface area contributed by atoms with Gasteiger partial charge in [-0.15, -0.1) is 5.54 Å². The molecule has 2 aromatic carbocycles. The second-order valence-corrected chi connectivity index (χ2v) is 26.2. The smallest absolute Gasteiger partial charge is 0.410 e. The number of hydrogen-bond donors (Lipinski definition) is 1. The Hall–Kier alpha value is -5.15. The Bertz CT molecular complexity index is 2530.